The maximum atomic E-state index is 5.75. The summed E-state index contributed by atoms with van der Waals surface area (Å²) < 4.78 is 11.4. The van der Waals surface area contributed by atoms with Crippen molar-refractivity contribution < 1.29 is 9.47 Å². The largest absolute Gasteiger partial charge is 0.496 e. The van der Waals surface area contributed by atoms with E-state index in [1.54, 1.807) is 14.2 Å². The van der Waals surface area contributed by atoms with Gasteiger partial charge in [0.2, 0.25) is 0 Å². The smallest absolute Gasteiger partial charge is 0.127 e. The number of nitrogens with one attached hydrogen (secondary N) is 2. The molecule has 2 N–H and O–H groups in total. The minimum Gasteiger partial charge on any atom is -0.496 e. The molecule has 0 radical (unpaired) electrons. The van der Waals surface area contributed by atoms with Gasteiger partial charge in [0.05, 0.1) is 14.2 Å². The molecule has 0 saturated heterocycles. The number of benzene rings is 4. The number of anilines is 2. The van der Waals surface area contributed by atoms with Crippen LogP contribution >= 0.6 is 0 Å². The van der Waals surface area contributed by atoms with Gasteiger partial charge in [0.15, 0.2) is 0 Å². The Hall–Kier alpha value is -3.92. The van der Waals surface area contributed by atoms with Crippen molar-refractivity contribution in [3.8, 4) is 22.6 Å². The van der Waals surface area contributed by atoms with E-state index in [9.17, 15) is 0 Å². The number of aryl methyl sites for hydroxylation is 4. The number of rotatable bonds is 11. The Morgan fingerprint density at radius 3 is 1.61 bits per heavy atom. The first-order valence-electron chi connectivity index (χ1n) is 12.5. The molecule has 0 bridgehead atoms. The van der Waals surface area contributed by atoms with Crippen molar-refractivity contribution >= 4 is 11.4 Å². The predicted molar refractivity (Wildman–Crippen MR) is 152 cm³/mol. The first-order chi connectivity index (χ1) is 17.6. The van der Waals surface area contributed by atoms with Crippen LogP contribution in [-0.2, 0) is 12.8 Å². The zero-order chi connectivity index (χ0) is 25.3. The second-order valence-corrected chi connectivity index (χ2v) is 9.15. The molecule has 4 aromatic rings. The molecule has 0 amide bonds. The molecule has 0 saturated carbocycles. The van der Waals surface area contributed by atoms with Gasteiger partial charge in [0.25, 0.3) is 0 Å². The van der Waals surface area contributed by atoms with Gasteiger partial charge in [-0.2, -0.15) is 0 Å². The van der Waals surface area contributed by atoms with E-state index in [4.69, 9.17) is 9.47 Å². The molecule has 0 spiro atoms. The highest BCUT2D eigenvalue weighted by Crippen LogP contribution is 2.37. The standard InChI is InChI=1S/C32H36N2O2/c1-23-5-13-27(14-6-23)33-19-20-34-28-15-10-25(11-16-28)8-9-26-12-18-30(32(22-26)36-4)29-17-7-24(2)21-31(29)35-3/h5-7,10-18,21-22,33-34H,8-9,19-20H2,1-4H3. The maximum absolute atomic E-state index is 5.75. The number of ether oxygens (including phenoxy) is 2. The molecule has 4 nitrogen and oxygen atoms in total. The van der Waals surface area contributed by atoms with Gasteiger partial charge in [-0.1, -0.05) is 54.1 Å². The van der Waals surface area contributed by atoms with Crippen LogP contribution in [-0.4, -0.2) is 27.3 Å². The van der Waals surface area contributed by atoms with Crippen LogP contribution in [0.15, 0.2) is 84.9 Å². The second-order valence-electron chi connectivity index (χ2n) is 9.15. The highest BCUT2D eigenvalue weighted by atomic mass is 16.5. The van der Waals surface area contributed by atoms with Gasteiger partial charge in [-0.05, 0) is 79.8 Å². The van der Waals surface area contributed by atoms with E-state index in [-0.39, 0.29) is 0 Å². The fourth-order valence-corrected chi connectivity index (χ4v) is 4.30. The van der Waals surface area contributed by atoms with Gasteiger partial charge >= 0.3 is 0 Å². The summed E-state index contributed by atoms with van der Waals surface area (Å²) in [5.74, 6) is 1.73. The lowest BCUT2D eigenvalue weighted by Gasteiger charge is -2.14. The molecule has 0 heterocycles. The molecular weight excluding hydrogens is 444 g/mol. The van der Waals surface area contributed by atoms with Crippen LogP contribution in [0, 0.1) is 13.8 Å². The first-order valence-corrected chi connectivity index (χ1v) is 12.5. The molecule has 0 aliphatic rings. The normalized spacial score (nSPS) is 10.7. The van der Waals surface area contributed by atoms with Crippen molar-refractivity contribution in [1.29, 1.82) is 0 Å². The fourth-order valence-electron chi connectivity index (χ4n) is 4.30. The van der Waals surface area contributed by atoms with Crippen LogP contribution in [0.2, 0.25) is 0 Å². The Balaban J connectivity index is 1.30. The molecule has 0 fully saturated rings. The zero-order valence-electron chi connectivity index (χ0n) is 21.7. The van der Waals surface area contributed by atoms with E-state index in [1.165, 1.54) is 22.3 Å². The zero-order valence-corrected chi connectivity index (χ0v) is 21.7. The average molecular weight is 481 g/mol. The average Bonchev–Trinajstić information content (AvgIpc) is 2.91. The van der Waals surface area contributed by atoms with E-state index in [0.29, 0.717) is 0 Å². The molecule has 4 rings (SSSR count). The van der Waals surface area contributed by atoms with Crippen molar-refractivity contribution in [1.82, 2.24) is 0 Å². The number of hydrogen-bond donors (Lipinski definition) is 2. The minimum atomic E-state index is 0.862. The summed E-state index contributed by atoms with van der Waals surface area (Å²) in [6, 6.07) is 29.9. The third kappa shape index (κ3) is 6.60. The summed E-state index contributed by atoms with van der Waals surface area (Å²) in [6.07, 6.45) is 1.93. The SMILES string of the molecule is COc1cc(C)ccc1-c1ccc(CCc2ccc(NCCNc3ccc(C)cc3)cc2)cc1OC. The molecular formula is C32H36N2O2. The monoisotopic (exact) mass is 480 g/mol. The highest BCUT2D eigenvalue weighted by molar-refractivity contribution is 5.76. The van der Waals surface area contributed by atoms with Crippen molar-refractivity contribution in [2.24, 2.45) is 0 Å². The molecule has 0 aromatic heterocycles. The van der Waals surface area contributed by atoms with E-state index in [0.717, 1.165) is 59.9 Å². The summed E-state index contributed by atoms with van der Waals surface area (Å²) in [7, 11) is 3.44. The van der Waals surface area contributed by atoms with Crippen molar-refractivity contribution in [2.45, 2.75) is 26.7 Å². The van der Waals surface area contributed by atoms with Crippen LogP contribution in [0.1, 0.15) is 22.3 Å². The number of methoxy groups -OCH3 is 2. The quantitative estimate of drug-likeness (QED) is 0.221. The highest BCUT2D eigenvalue weighted by Gasteiger charge is 2.12. The lowest BCUT2D eigenvalue weighted by Crippen LogP contribution is -2.13. The Bertz CT molecular complexity index is 1260. The van der Waals surface area contributed by atoms with Gasteiger partial charge in [-0.3, -0.25) is 0 Å². The molecule has 0 atom stereocenters. The summed E-state index contributed by atoms with van der Waals surface area (Å²) in [4.78, 5) is 0. The van der Waals surface area contributed by atoms with E-state index < -0.39 is 0 Å². The van der Waals surface area contributed by atoms with E-state index in [2.05, 4.69) is 109 Å². The van der Waals surface area contributed by atoms with E-state index >= 15 is 0 Å². The molecule has 0 aliphatic heterocycles. The summed E-state index contributed by atoms with van der Waals surface area (Å²) >= 11 is 0. The Morgan fingerprint density at radius 1 is 0.528 bits per heavy atom. The van der Waals surface area contributed by atoms with Crippen molar-refractivity contribution in [2.75, 3.05) is 37.9 Å². The van der Waals surface area contributed by atoms with Crippen LogP contribution in [0.25, 0.3) is 11.1 Å². The lowest BCUT2D eigenvalue weighted by molar-refractivity contribution is 0.410. The van der Waals surface area contributed by atoms with Gasteiger partial charge < -0.3 is 20.1 Å². The Kier molecular flexibility index (Phi) is 8.51. The summed E-state index contributed by atoms with van der Waals surface area (Å²) in [6.45, 7) is 5.91. The van der Waals surface area contributed by atoms with Crippen LogP contribution < -0.4 is 20.1 Å². The molecule has 4 aromatic carbocycles. The van der Waals surface area contributed by atoms with Gasteiger partial charge in [0.1, 0.15) is 11.5 Å². The third-order valence-electron chi connectivity index (χ3n) is 6.40. The van der Waals surface area contributed by atoms with Gasteiger partial charge in [-0.25, -0.2) is 0 Å². The summed E-state index contributed by atoms with van der Waals surface area (Å²) in [5, 5.41) is 6.93. The second kappa shape index (κ2) is 12.2. The van der Waals surface area contributed by atoms with E-state index in [1.807, 2.05) is 0 Å². The predicted octanol–water partition coefficient (Wildman–Crippen LogP) is 7.30. The van der Waals surface area contributed by atoms with Crippen LogP contribution in [0.4, 0.5) is 11.4 Å². The Labute approximate surface area is 215 Å². The van der Waals surface area contributed by atoms with Crippen LogP contribution in [0.5, 0.6) is 11.5 Å². The first kappa shape index (κ1) is 25.2. The topological polar surface area (TPSA) is 42.5 Å². The fraction of sp³-hybridized carbons (Fsp3) is 0.250. The van der Waals surface area contributed by atoms with Gasteiger partial charge in [0, 0.05) is 35.6 Å². The van der Waals surface area contributed by atoms with Crippen LogP contribution in [0.3, 0.4) is 0 Å². The molecule has 0 unspecified atom stereocenters. The lowest BCUT2D eigenvalue weighted by atomic mass is 9.98. The van der Waals surface area contributed by atoms with Gasteiger partial charge in [-0.15, -0.1) is 0 Å². The Morgan fingerprint density at radius 2 is 1.00 bits per heavy atom. The van der Waals surface area contributed by atoms with Crippen molar-refractivity contribution in [3.63, 3.8) is 0 Å². The number of hydrogen-bond acceptors (Lipinski definition) is 4. The minimum absolute atomic E-state index is 0.862. The molecule has 4 heteroatoms. The molecule has 0 aliphatic carbocycles. The summed E-state index contributed by atoms with van der Waals surface area (Å²) in [5.41, 5.74) is 9.41. The molecule has 186 valence electrons. The van der Waals surface area contributed by atoms with Crippen molar-refractivity contribution in [3.05, 3.63) is 107 Å². The molecule has 36 heavy (non-hydrogen) atoms. The third-order valence-corrected chi connectivity index (χ3v) is 6.40. The maximum Gasteiger partial charge on any atom is 0.127 e.